The van der Waals surface area contributed by atoms with E-state index in [-0.39, 0.29) is 12.0 Å². The van der Waals surface area contributed by atoms with Crippen molar-refractivity contribution in [2.24, 2.45) is 5.73 Å². The topological polar surface area (TPSA) is 64.3 Å². The van der Waals surface area contributed by atoms with E-state index in [4.69, 9.17) is 10.5 Å². The van der Waals surface area contributed by atoms with Gasteiger partial charge in [-0.05, 0) is 19.4 Å². The molecule has 3 N–H and O–H groups in total. The van der Waals surface area contributed by atoms with Crippen molar-refractivity contribution in [3.8, 4) is 0 Å². The monoisotopic (exact) mass is 172 g/mol. The summed E-state index contributed by atoms with van der Waals surface area (Å²) in [5.74, 6) is -0.357. The van der Waals surface area contributed by atoms with Crippen LogP contribution in [0.15, 0.2) is 0 Å². The summed E-state index contributed by atoms with van der Waals surface area (Å²) >= 11 is 0. The van der Waals surface area contributed by atoms with Crippen LogP contribution >= 0.6 is 0 Å². The van der Waals surface area contributed by atoms with E-state index in [9.17, 15) is 4.79 Å². The highest BCUT2D eigenvalue weighted by Crippen LogP contribution is 2.08. The fourth-order valence-electron chi connectivity index (χ4n) is 1.34. The van der Waals surface area contributed by atoms with E-state index in [0.29, 0.717) is 6.42 Å². The third-order valence-corrected chi connectivity index (χ3v) is 2.06. The zero-order valence-corrected chi connectivity index (χ0v) is 7.38. The normalized spacial score (nSPS) is 25.6. The highest BCUT2D eigenvalue weighted by atomic mass is 16.5. The lowest BCUT2D eigenvalue weighted by atomic mass is 10.2. The van der Waals surface area contributed by atoms with Crippen molar-refractivity contribution in [1.29, 1.82) is 0 Å². The molecule has 2 atom stereocenters. The van der Waals surface area contributed by atoms with Crippen molar-refractivity contribution in [2.75, 3.05) is 13.1 Å². The van der Waals surface area contributed by atoms with Crippen molar-refractivity contribution in [2.45, 2.75) is 32.0 Å². The maximum absolute atomic E-state index is 10.8. The molecule has 1 aliphatic heterocycles. The molecule has 1 amide bonds. The number of primary amides is 1. The van der Waals surface area contributed by atoms with E-state index in [2.05, 4.69) is 5.32 Å². The van der Waals surface area contributed by atoms with Crippen LogP contribution in [0.1, 0.15) is 19.8 Å². The van der Waals surface area contributed by atoms with Crippen molar-refractivity contribution >= 4 is 5.91 Å². The molecule has 0 aromatic carbocycles. The van der Waals surface area contributed by atoms with E-state index >= 15 is 0 Å². The summed E-state index contributed by atoms with van der Waals surface area (Å²) in [5.41, 5.74) is 5.14. The number of nitrogens with two attached hydrogens (primary N) is 1. The van der Waals surface area contributed by atoms with Gasteiger partial charge in [0.05, 0.1) is 6.10 Å². The average Bonchev–Trinajstić information content (AvgIpc) is 2.51. The summed E-state index contributed by atoms with van der Waals surface area (Å²) in [6.45, 7) is 3.71. The van der Waals surface area contributed by atoms with Crippen LogP contribution < -0.4 is 11.1 Å². The molecule has 1 aliphatic rings. The summed E-state index contributed by atoms with van der Waals surface area (Å²) in [6, 6.07) is 0. The van der Waals surface area contributed by atoms with E-state index in [1.54, 1.807) is 0 Å². The molecule has 0 aromatic heterocycles. The van der Waals surface area contributed by atoms with Gasteiger partial charge in [-0.15, -0.1) is 0 Å². The first-order valence-electron chi connectivity index (χ1n) is 4.39. The second-order valence-electron chi connectivity index (χ2n) is 3.05. The Hall–Kier alpha value is -0.610. The van der Waals surface area contributed by atoms with Crippen LogP contribution in [0.25, 0.3) is 0 Å². The highest BCUT2D eigenvalue weighted by Gasteiger charge is 2.21. The van der Waals surface area contributed by atoms with E-state index < -0.39 is 6.10 Å². The van der Waals surface area contributed by atoms with Gasteiger partial charge in [-0.3, -0.25) is 4.79 Å². The smallest absolute Gasteiger partial charge is 0.246 e. The van der Waals surface area contributed by atoms with Crippen LogP contribution in [-0.4, -0.2) is 31.2 Å². The van der Waals surface area contributed by atoms with Crippen LogP contribution in [0, 0.1) is 0 Å². The maximum Gasteiger partial charge on any atom is 0.246 e. The Labute approximate surface area is 72.5 Å². The molecule has 1 rings (SSSR count). The van der Waals surface area contributed by atoms with Crippen LogP contribution in [0.4, 0.5) is 0 Å². The molecular formula is C8H16N2O2. The lowest BCUT2D eigenvalue weighted by Crippen LogP contribution is -2.34. The number of nitrogens with one attached hydrogen (secondary N) is 1. The summed E-state index contributed by atoms with van der Waals surface area (Å²) < 4.78 is 5.48. The van der Waals surface area contributed by atoms with E-state index in [1.165, 1.54) is 0 Å². The largest absolute Gasteiger partial charge is 0.367 e. The Bertz CT molecular complexity index is 155. The summed E-state index contributed by atoms with van der Waals surface area (Å²) in [7, 11) is 0. The second kappa shape index (κ2) is 4.42. The van der Waals surface area contributed by atoms with Gasteiger partial charge in [0.15, 0.2) is 0 Å². The van der Waals surface area contributed by atoms with E-state index in [1.807, 2.05) is 6.92 Å². The fraction of sp³-hybridized carbons (Fsp3) is 0.875. The van der Waals surface area contributed by atoms with Gasteiger partial charge in [0, 0.05) is 6.54 Å². The first-order valence-corrected chi connectivity index (χ1v) is 4.39. The SMILES string of the molecule is CCC(OC1CCNC1)C(N)=O. The molecule has 0 radical (unpaired) electrons. The summed E-state index contributed by atoms with van der Waals surface area (Å²) in [6.07, 6.45) is 1.40. The highest BCUT2D eigenvalue weighted by molar-refractivity contribution is 5.78. The first-order chi connectivity index (χ1) is 5.74. The molecule has 0 bridgehead atoms. The molecule has 70 valence electrons. The van der Waals surface area contributed by atoms with Crippen molar-refractivity contribution in [3.05, 3.63) is 0 Å². The molecule has 0 spiro atoms. The molecule has 4 nitrogen and oxygen atoms in total. The predicted molar refractivity (Wildman–Crippen MR) is 45.6 cm³/mol. The Morgan fingerprint density at radius 2 is 2.58 bits per heavy atom. The Morgan fingerprint density at radius 1 is 1.83 bits per heavy atom. The predicted octanol–water partition coefficient (Wildman–Crippen LogP) is -0.371. The molecule has 1 fully saturated rings. The molecule has 0 aliphatic carbocycles. The molecule has 0 saturated carbocycles. The number of hydrogen-bond donors (Lipinski definition) is 2. The number of amides is 1. The Balaban J connectivity index is 2.30. The van der Waals surface area contributed by atoms with Crippen molar-refractivity contribution in [3.63, 3.8) is 0 Å². The Kier molecular flexibility index (Phi) is 3.49. The minimum Gasteiger partial charge on any atom is -0.367 e. The van der Waals surface area contributed by atoms with E-state index in [0.717, 1.165) is 19.5 Å². The van der Waals surface area contributed by atoms with Gasteiger partial charge in [-0.2, -0.15) is 0 Å². The van der Waals surface area contributed by atoms with Crippen molar-refractivity contribution in [1.82, 2.24) is 5.32 Å². The standard InChI is InChI=1S/C8H16N2O2/c1-2-7(8(9)11)12-6-3-4-10-5-6/h6-7,10H,2-5H2,1H3,(H2,9,11). The average molecular weight is 172 g/mol. The number of carbonyl (C=O) groups is 1. The van der Waals surface area contributed by atoms with Crippen molar-refractivity contribution < 1.29 is 9.53 Å². The summed E-state index contributed by atoms with van der Waals surface area (Å²) in [5, 5.41) is 3.16. The van der Waals surface area contributed by atoms with Gasteiger partial charge in [0.2, 0.25) is 5.91 Å². The lowest BCUT2D eigenvalue weighted by Gasteiger charge is -2.16. The molecule has 1 saturated heterocycles. The third kappa shape index (κ3) is 2.46. The molecule has 1 heterocycles. The minimum atomic E-state index is -0.408. The molecule has 12 heavy (non-hydrogen) atoms. The van der Waals surface area contributed by atoms with Gasteiger partial charge in [0.1, 0.15) is 6.10 Å². The van der Waals surface area contributed by atoms with Crippen LogP contribution in [0.5, 0.6) is 0 Å². The quantitative estimate of drug-likeness (QED) is 0.608. The summed E-state index contributed by atoms with van der Waals surface area (Å²) in [4.78, 5) is 10.8. The number of ether oxygens (including phenoxy) is 1. The zero-order chi connectivity index (χ0) is 8.97. The Morgan fingerprint density at radius 3 is 3.00 bits per heavy atom. The zero-order valence-electron chi connectivity index (χ0n) is 7.38. The number of rotatable bonds is 4. The third-order valence-electron chi connectivity index (χ3n) is 2.06. The van der Waals surface area contributed by atoms with Crippen LogP contribution in [0.3, 0.4) is 0 Å². The number of carbonyl (C=O) groups excluding carboxylic acids is 1. The molecule has 4 heteroatoms. The molecule has 0 aromatic rings. The maximum atomic E-state index is 10.8. The fourth-order valence-corrected chi connectivity index (χ4v) is 1.34. The first kappa shape index (κ1) is 9.48. The van der Waals surface area contributed by atoms with Gasteiger partial charge in [-0.1, -0.05) is 6.92 Å². The lowest BCUT2D eigenvalue weighted by molar-refractivity contribution is -0.132. The van der Waals surface area contributed by atoms with Crippen LogP contribution in [0.2, 0.25) is 0 Å². The van der Waals surface area contributed by atoms with Gasteiger partial charge in [-0.25, -0.2) is 0 Å². The van der Waals surface area contributed by atoms with Gasteiger partial charge in [0.25, 0.3) is 0 Å². The minimum absolute atomic E-state index is 0.169. The van der Waals surface area contributed by atoms with Gasteiger partial charge < -0.3 is 15.8 Å². The number of hydrogen-bond acceptors (Lipinski definition) is 3. The molecular weight excluding hydrogens is 156 g/mol. The van der Waals surface area contributed by atoms with Gasteiger partial charge >= 0.3 is 0 Å². The second-order valence-corrected chi connectivity index (χ2v) is 3.05. The molecule has 2 unspecified atom stereocenters. The van der Waals surface area contributed by atoms with Crippen LogP contribution in [-0.2, 0) is 9.53 Å².